The number of nitro benzene ring substituents is 1. The van der Waals surface area contributed by atoms with Gasteiger partial charge in [-0.05, 0) is 17.7 Å². The van der Waals surface area contributed by atoms with Crippen LogP contribution in [0.4, 0.5) is 24.5 Å². The van der Waals surface area contributed by atoms with Crippen molar-refractivity contribution >= 4 is 23.0 Å². The molecule has 0 unspecified atom stereocenters. The first-order chi connectivity index (χ1) is 9.88. The van der Waals surface area contributed by atoms with E-state index in [-0.39, 0.29) is 17.3 Å². The van der Waals surface area contributed by atoms with Gasteiger partial charge in [-0.15, -0.1) is 0 Å². The Bertz CT molecular complexity index is 710. The van der Waals surface area contributed by atoms with Crippen molar-refractivity contribution in [3.8, 4) is 0 Å². The van der Waals surface area contributed by atoms with E-state index >= 15 is 0 Å². The number of nitrogens with one attached hydrogen (secondary N) is 1. The Balaban J connectivity index is 2.23. The molecule has 0 saturated heterocycles. The SMILES string of the molecule is O=[N+]([O-])c1cc(NCc2ccc(F)cc2Cl)c(F)cc1F. The van der Waals surface area contributed by atoms with Gasteiger partial charge in [-0.25, -0.2) is 8.78 Å². The molecule has 0 amide bonds. The molecule has 110 valence electrons. The van der Waals surface area contributed by atoms with E-state index in [4.69, 9.17) is 11.6 Å². The topological polar surface area (TPSA) is 55.2 Å². The third-order valence-electron chi connectivity index (χ3n) is 2.72. The third kappa shape index (κ3) is 3.43. The van der Waals surface area contributed by atoms with Crippen LogP contribution < -0.4 is 5.32 Å². The van der Waals surface area contributed by atoms with E-state index in [1.54, 1.807) is 0 Å². The summed E-state index contributed by atoms with van der Waals surface area (Å²) in [5.41, 5.74) is -0.628. The van der Waals surface area contributed by atoms with Crippen molar-refractivity contribution in [1.82, 2.24) is 0 Å². The van der Waals surface area contributed by atoms with E-state index in [0.717, 1.165) is 12.1 Å². The van der Waals surface area contributed by atoms with E-state index < -0.39 is 28.1 Å². The molecule has 0 heterocycles. The van der Waals surface area contributed by atoms with E-state index in [9.17, 15) is 23.3 Å². The zero-order chi connectivity index (χ0) is 15.6. The first kappa shape index (κ1) is 15.1. The summed E-state index contributed by atoms with van der Waals surface area (Å²) in [6.45, 7) is -0.00117. The predicted molar refractivity (Wildman–Crippen MR) is 71.7 cm³/mol. The quantitative estimate of drug-likeness (QED) is 0.676. The maximum Gasteiger partial charge on any atom is 0.307 e. The minimum Gasteiger partial charge on any atom is -0.378 e. The zero-order valence-corrected chi connectivity index (χ0v) is 11.1. The van der Waals surface area contributed by atoms with Gasteiger partial charge in [-0.1, -0.05) is 17.7 Å². The highest BCUT2D eigenvalue weighted by Gasteiger charge is 2.18. The number of nitro groups is 1. The normalized spacial score (nSPS) is 10.5. The highest BCUT2D eigenvalue weighted by atomic mass is 35.5. The molecular formula is C13H8ClF3N2O2. The zero-order valence-electron chi connectivity index (χ0n) is 10.4. The predicted octanol–water partition coefficient (Wildman–Crippen LogP) is 4.28. The van der Waals surface area contributed by atoms with Crippen LogP contribution >= 0.6 is 11.6 Å². The van der Waals surface area contributed by atoms with Crippen LogP contribution in [0, 0.1) is 27.6 Å². The Morgan fingerprint density at radius 1 is 1.14 bits per heavy atom. The fourth-order valence-corrected chi connectivity index (χ4v) is 1.90. The largest absolute Gasteiger partial charge is 0.378 e. The molecule has 0 radical (unpaired) electrons. The van der Waals surface area contributed by atoms with Crippen molar-refractivity contribution in [3.05, 3.63) is 68.5 Å². The second-order valence-electron chi connectivity index (χ2n) is 4.13. The average molecular weight is 317 g/mol. The highest BCUT2D eigenvalue weighted by Crippen LogP contribution is 2.26. The fourth-order valence-electron chi connectivity index (χ4n) is 1.67. The van der Waals surface area contributed by atoms with Gasteiger partial charge in [0.25, 0.3) is 0 Å². The van der Waals surface area contributed by atoms with Gasteiger partial charge in [0, 0.05) is 23.7 Å². The molecule has 4 nitrogen and oxygen atoms in total. The molecule has 2 aromatic rings. The highest BCUT2D eigenvalue weighted by molar-refractivity contribution is 6.31. The summed E-state index contributed by atoms with van der Waals surface area (Å²) in [5, 5.41) is 13.3. The molecule has 21 heavy (non-hydrogen) atoms. The molecule has 0 aromatic heterocycles. The lowest BCUT2D eigenvalue weighted by atomic mass is 10.2. The molecule has 0 aliphatic rings. The molecule has 0 atom stereocenters. The van der Waals surface area contributed by atoms with Gasteiger partial charge in [0.1, 0.15) is 11.6 Å². The molecule has 0 fully saturated rings. The standard InChI is InChI=1S/C13H8ClF3N2O2/c14-9-3-8(15)2-1-7(9)6-18-12-5-13(19(20)21)11(17)4-10(12)16/h1-5,18H,6H2. The maximum atomic E-state index is 13.5. The molecule has 0 bridgehead atoms. The summed E-state index contributed by atoms with van der Waals surface area (Å²) in [5.74, 6) is -2.76. The first-order valence-electron chi connectivity index (χ1n) is 5.69. The van der Waals surface area contributed by atoms with Gasteiger partial charge < -0.3 is 5.32 Å². The molecule has 8 heteroatoms. The Hall–Kier alpha value is -2.28. The van der Waals surface area contributed by atoms with Crippen molar-refractivity contribution < 1.29 is 18.1 Å². The number of hydrogen-bond acceptors (Lipinski definition) is 3. The lowest BCUT2D eigenvalue weighted by Gasteiger charge is -2.09. The van der Waals surface area contributed by atoms with Gasteiger partial charge in [0.15, 0.2) is 0 Å². The molecule has 0 aliphatic heterocycles. The Labute approximate surface area is 122 Å². The van der Waals surface area contributed by atoms with Crippen LogP contribution in [0.2, 0.25) is 5.02 Å². The Morgan fingerprint density at radius 2 is 1.86 bits per heavy atom. The van der Waals surface area contributed by atoms with E-state index in [1.807, 2.05) is 0 Å². The summed E-state index contributed by atoms with van der Waals surface area (Å²) in [6.07, 6.45) is 0. The van der Waals surface area contributed by atoms with Gasteiger partial charge in [-0.3, -0.25) is 10.1 Å². The Morgan fingerprint density at radius 3 is 2.48 bits per heavy atom. The third-order valence-corrected chi connectivity index (χ3v) is 3.07. The summed E-state index contributed by atoms with van der Waals surface area (Å²) in [7, 11) is 0. The van der Waals surface area contributed by atoms with Crippen LogP contribution in [-0.4, -0.2) is 4.92 Å². The summed E-state index contributed by atoms with van der Waals surface area (Å²) < 4.78 is 39.6. The Kier molecular flexibility index (Phi) is 4.32. The van der Waals surface area contributed by atoms with Gasteiger partial charge >= 0.3 is 5.69 Å². The van der Waals surface area contributed by atoms with E-state index in [0.29, 0.717) is 11.6 Å². The fraction of sp³-hybridized carbons (Fsp3) is 0.0769. The smallest absolute Gasteiger partial charge is 0.307 e. The van der Waals surface area contributed by atoms with Crippen LogP contribution in [0.25, 0.3) is 0 Å². The van der Waals surface area contributed by atoms with Crippen LogP contribution in [0.5, 0.6) is 0 Å². The molecule has 0 aliphatic carbocycles. The van der Waals surface area contributed by atoms with E-state index in [1.165, 1.54) is 12.1 Å². The lowest BCUT2D eigenvalue weighted by Crippen LogP contribution is -2.04. The second kappa shape index (κ2) is 6.01. The molecular weight excluding hydrogens is 309 g/mol. The van der Waals surface area contributed by atoms with Crippen molar-refractivity contribution in [2.45, 2.75) is 6.54 Å². The maximum absolute atomic E-state index is 13.5. The van der Waals surface area contributed by atoms with Crippen LogP contribution in [0.3, 0.4) is 0 Å². The number of halogens is 4. The summed E-state index contributed by atoms with van der Waals surface area (Å²) >= 11 is 5.80. The van der Waals surface area contributed by atoms with E-state index in [2.05, 4.69) is 5.32 Å². The van der Waals surface area contributed by atoms with Crippen LogP contribution in [-0.2, 0) is 6.54 Å². The molecule has 0 spiro atoms. The minimum absolute atomic E-state index is 0.00117. The van der Waals surface area contributed by atoms with Crippen LogP contribution in [0.1, 0.15) is 5.56 Å². The first-order valence-corrected chi connectivity index (χ1v) is 6.07. The van der Waals surface area contributed by atoms with Crippen LogP contribution in [0.15, 0.2) is 30.3 Å². The number of rotatable bonds is 4. The van der Waals surface area contributed by atoms with Crippen molar-refractivity contribution in [3.63, 3.8) is 0 Å². The van der Waals surface area contributed by atoms with Gasteiger partial charge in [-0.2, -0.15) is 4.39 Å². The number of nitrogens with zero attached hydrogens (tertiary/aromatic N) is 1. The molecule has 0 saturated carbocycles. The molecule has 2 aromatic carbocycles. The number of anilines is 1. The average Bonchev–Trinajstić information content (AvgIpc) is 2.39. The minimum atomic E-state index is -1.26. The second-order valence-corrected chi connectivity index (χ2v) is 4.54. The van der Waals surface area contributed by atoms with Crippen molar-refractivity contribution in [1.29, 1.82) is 0 Å². The molecule has 2 rings (SSSR count). The lowest BCUT2D eigenvalue weighted by molar-refractivity contribution is -0.387. The monoisotopic (exact) mass is 316 g/mol. The number of hydrogen-bond donors (Lipinski definition) is 1. The van der Waals surface area contributed by atoms with Crippen molar-refractivity contribution in [2.24, 2.45) is 0 Å². The summed E-state index contributed by atoms with van der Waals surface area (Å²) in [4.78, 5) is 9.65. The molecule has 1 N–H and O–H groups in total. The number of benzene rings is 2. The van der Waals surface area contributed by atoms with Gasteiger partial charge in [0.2, 0.25) is 5.82 Å². The van der Waals surface area contributed by atoms with Crippen molar-refractivity contribution in [2.75, 3.05) is 5.32 Å². The summed E-state index contributed by atoms with van der Waals surface area (Å²) in [6, 6.07) is 4.82. The van der Waals surface area contributed by atoms with Gasteiger partial charge in [0.05, 0.1) is 10.6 Å².